The minimum Gasteiger partial charge on any atom is -0.370 e. The van der Waals surface area contributed by atoms with E-state index in [0.717, 1.165) is 36.9 Å². The van der Waals surface area contributed by atoms with E-state index in [9.17, 15) is 0 Å². The molecule has 2 atom stereocenters. The second kappa shape index (κ2) is 6.62. The lowest BCUT2D eigenvalue weighted by Gasteiger charge is -2.33. The Bertz CT molecular complexity index is 419. The Kier molecular flexibility index (Phi) is 5.12. The summed E-state index contributed by atoms with van der Waals surface area (Å²) in [6, 6.07) is 6.66. The highest BCUT2D eigenvalue weighted by Crippen LogP contribution is 2.30. The molecule has 1 aromatic carbocycles. The molecule has 0 saturated carbocycles. The molecule has 1 saturated heterocycles. The van der Waals surface area contributed by atoms with E-state index in [2.05, 4.69) is 36.9 Å². The third-order valence-corrected chi connectivity index (χ3v) is 4.33. The molecule has 1 aromatic rings. The number of halogens is 1. The van der Waals surface area contributed by atoms with Crippen LogP contribution in [0.25, 0.3) is 0 Å². The molecule has 1 aliphatic rings. The number of anilines is 1. The summed E-state index contributed by atoms with van der Waals surface area (Å²) in [4.78, 5) is 2.42. The van der Waals surface area contributed by atoms with Gasteiger partial charge in [0.1, 0.15) is 0 Å². The van der Waals surface area contributed by atoms with Crippen LogP contribution in [0.1, 0.15) is 38.7 Å². The fourth-order valence-electron chi connectivity index (χ4n) is 2.79. The van der Waals surface area contributed by atoms with Gasteiger partial charge in [0.2, 0.25) is 0 Å². The van der Waals surface area contributed by atoms with Crippen LogP contribution in [0.5, 0.6) is 0 Å². The summed E-state index contributed by atoms with van der Waals surface area (Å²) < 4.78 is 0. The van der Waals surface area contributed by atoms with E-state index in [4.69, 9.17) is 17.3 Å². The molecule has 0 aliphatic carbocycles. The maximum Gasteiger partial charge on any atom is 0.0642 e. The smallest absolute Gasteiger partial charge is 0.0642 e. The van der Waals surface area contributed by atoms with Crippen LogP contribution < -0.4 is 10.6 Å². The Hall–Kier alpha value is -0.730. The van der Waals surface area contributed by atoms with E-state index in [0.29, 0.717) is 0 Å². The quantitative estimate of drug-likeness (QED) is 0.907. The predicted molar refractivity (Wildman–Crippen MR) is 84.0 cm³/mol. The van der Waals surface area contributed by atoms with Crippen LogP contribution >= 0.6 is 11.6 Å². The van der Waals surface area contributed by atoms with Gasteiger partial charge in [-0.2, -0.15) is 0 Å². The molecule has 0 amide bonds. The van der Waals surface area contributed by atoms with Gasteiger partial charge in [-0.05, 0) is 49.3 Å². The number of nitrogens with two attached hydrogens (primary N) is 1. The molecule has 1 fully saturated rings. The van der Waals surface area contributed by atoms with E-state index in [1.807, 2.05) is 0 Å². The summed E-state index contributed by atoms with van der Waals surface area (Å²) in [5.41, 5.74) is 8.43. The van der Waals surface area contributed by atoms with Crippen molar-refractivity contribution in [1.82, 2.24) is 0 Å². The second-order valence-corrected chi connectivity index (χ2v) is 6.26. The lowest BCUT2D eigenvalue weighted by atomic mass is 9.99. The van der Waals surface area contributed by atoms with Gasteiger partial charge >= 0.3 is 0 Å². The number of piperidine rings is 1. The Morgan fingerprint density at radius 1 is 1.47 bits per heavy atom. The van der Waals surface area contributed by atoms with Crippen molar-refractivity contribution < 1.29 is 0 Å². The zero-order chi connectivity index (χ0) is 13.8. The van der Waals surface area contributed by atoms with Gasteiger partial charge in [0.05, 0.1) is 10.7 Å². The van der Waals surface area contributed by atoms with Crippen molar-refractivity contribution in [2.45, 2.75) is 45.6 Å². The summed E-state index contributed by atoms with van der Waals surface area (Å²) >= 11 is 6.45. The Balaban J connectivity index is 2.10. The van der Waals surface area contributed by atoms with E-state index in [1.54, 1.807) is 0 Å². The van der Waals surface area contributed by atoms with Gasteiger partial charge in [-0.1, -0.05) is 31.5 Å². The van der Waals surface area contributed by atoms with E-state index >= 15 is 0 Å². The number of benzene rings is 1. The zero-order valence-electron chi connectivity index (χ0n) is 12.0. The van der Waals surface area contributed by atoms with Crippen molar-refractivity contribution in [2.75, 3.05) is 18.0 Å². The lowest BCUT2D eigenvalue weighted by molar-refractivity contribution is 0.447. The van der Waals surface area contributed by atoms with Crippen molar-refractivity contribution in [3.05, 3.63) is 28.8 Å². The first-order chi connectivity index (χ1) is 9.10. The van der Waals surface area contributed by atoms with Crippen molar-refractivity contribution >= 4 is 17.3 Å². The van der Waals surface area contributed by atoms with E-state index < -0.39 is 0 Å². The topological polar surface area (TPSA) is 29.3 Å². The van der Waals surface area contributed by atoms with Gasteiger partial charge in [-0.25, -0.2) is 0 Å². The Morgan fingerprint density at radius 2 is 2.26 bits per heavy atom. The molecule has 19 heavy (non-hydrogen) atoms. The number of nitrogens with zero attached hydrogens (tertiary/aromatic N) is 1. The van der Waals surface area contributed by atoms with Gasteiger partial charge < -0.3 is 10.6 Å². The molecule has 0 bridgehead atoms. The van der Waals surface area contributed by atoms with Crippen molar-refractivity contribution in [2.24, 2.45) is 11.7 Å². The maximum absolute atomic E-state index is 6.45. The Labute approximate surface area is 121 Å². The van der Waals surface area contributed by atoms with Crippen molar-refractivity contribution in [3.63, 3.8) is 0 Å². The first-order valence-electron chi connectivity index (χ1n) is 7.39. The van der Waals surface area contributed by atoms with Crippen LogP contribution in [-0.2, 0) is 6.42 Å². The first-order valence-corrected chi connectivity index (χ1v) is 7.77. The largest absolute Gasteiger partial charge is 0.370 e. The van der Waals surface area contributed by atoms with Gasteiger partial charge in [-0.15, -0.1) is 0 Å². The molecule has 2 N–H and O–H groups in total. The molecule has 3 heteroatoms. The van der Waals surface area contributed by atoms with Gasteiger partial charge in [0.25, 0.3) is 0 Å². The summed E-state index contributed by atoms with van der Waals surface area (Å²) in [6.45, 7) is 6.68. The zero-order valence-corrected chi connectivity index (χ0v) is 12.8. The van der Waals surface area contributed by atoms with Gasteiger partial charge in [-0.3, -0.25) is 0 Å². The summed E-state index contributed by atoms with van der Waals surface area (Å²) in [7, 11) is 0. The number of hydrogen-bond donors (Lipinski definition) is 1. The second-order valence-electron chi connectivity index (χ2n) is 5.85. The van der Waals surface area contributed by atoms with Crippen LogP contribution in [-0.4, -0.2) is 19.1 Å². The summed E-state index contributed by atoms with van der Waals surface area (Å²) in [5.74, 6) is 0.762. The molecule has 0 aromatic heterocycles. The molecule has 2 rings (SSSR count). The van der Waals surface area contributed by atoms with E-state index in [-0.39, 0.29) is 6.04 Å². The molecular formula is C16H25ClN2. The molecule has 2 nitrogen and oxygen atoms in total. The van der Waals surface area contributed by atoms with Crippen LogP contribution in [0, 0.1) is 5.92 Å². The van der Waals surface area contributed by atoms with Gasteiger partial charge in [0.15, 0.2) is 0 Å². The van der Waals surface area contributed by atoms with Crippen molar-refractivity contribution in [3.8, 4) is 0 Å². The fraction of sp³-hybridized carbons (Fsp3) is 0.625. The first kappa shape index (κ1) is 14.7. The average Bonchev–Trinajstić information content (AvgIpc) is 2.38. The molecular weight excluding hydrogens is 256 g/mol. The third kappa shape index (κ3) is 3.87. The molecule has 1 heterocycles. The Morgan fingerprint density at radius 3 is 2.89 bits per heavy atom. The molecule has 2 unspecified atom stereocenters. The van der Waals surface area contributed by atoms with Crippen LogP contribution in [0.2, 0.25) is 5.02 Å². The monoisotopic (exact) mass is 280 g/mol. The summed E-state index contributed by atoms with van der Waals surface area (Å²) in [6.07, 6.45) is 4.51. The molecule has 0 radical (unpaired) electrons. The molecule has 106 valence electrons. The number of rotatable bonds is 4. The number of hydrogen-bond acceptors (Lipinski definition) is 2. The average molecular weight is 281 g/mol. The summed E-state index contributed by atoms with van der Waals surface area (Å²) in [5, 5.41) is 0.870. The maximum atomic E-state index is 6.45. The van der Waals surface area contributed by atoms with Crippen LogP contribution in [0.15, 0.2) is 18.2 Å². The van der Waals surface area contributed by atoms with Gasteiger partial charge in [0, 0.05) is 19.1 Å². The lowest BCUT2D eigenvalue weighted by Crippen LogP contribution is -2.34. The fourth-order valence-corrected chi connectivity index (χ4v) is 3.11. The van der Waals surface area contributed by atoms with Crippen LogP contribution in [0.3, 0.4) is 0 Å². The molecule has 1 aliphatic heterocycles. The van der Waals surface area contributed by atoms with Crippen LogP contribution in [0.4, 0.5) is 5.69 Å². The normalized spacial score (nSPS) is 21.5. The van der Waals surface area contributed by atoms with Crippen molar-refractivity contribution in [1.29, 1.82) is 0 Å². The van der Waals surface area contributed by atoms with E-state index in [1.165, 1.54) is 24.1 Å². The minimum absolute atomic E-state index is 0.233. The minimum atomic E-state index is 0.233. The standard InChI is InChI=1S/C16H25ClN2/c1-3-14(18)9-13-6-7-16(15(17)10-13)19-8-4-5-12(2)11-19/h6-7,10,12,14H,3-5,8-9,11,18H2,1-2H3. The molecule has 0 spiro atoms. The SMILES string of the molecule is CCC(N)Cc1ccc(N2CCCC(C)C2)c(Cl)c1. The third-order valence-electron chi connectivity index (χ3n) is 4.03. The predicted octanol–water partition coefficient (Wildman–Crippen LogP) is 3.86. The highest BCUT2D eigenvalue weighted by Gasteiger charge is 2.18. The highest BCUT2D eigenvalue weighted by atomic mass is 35.5. The highest BCUT2D eigenvalue weighted by molar-refractivity contribution is 6.33.